The fourth-order valence-corrected chi connectivity index (χ4v) is 2.48. The molecule has 2 aromatic carbocycles. The second-order valence-corrected chi connectivity index (χ2v) is 5.42. The lowest BCUT2D eigenvalue weighted by molar-refractivity contribution is 0.305. The normalized spacial score (nSPS) is 11.7. The lowest BCUT2D eigenvalue weighted by atomic mass is 9.92. The molecule has 0 N–H and O–H groups in total. The zero-order valence-electron chi connectivity index (χ0n) is 12.1. The largest absolute Gasteiger partial charge is 0.494 e. The molecule has 0 spiro atoms. The van der Waals surface area contributed by atoms with Gasteiger partial charge >= 0.3 is 0 Å². The highest BCUT2D eigenvalue weighted by Crippen LogP contribution is 2.24. The average molecular weight is 300 g/mol. The maximum atomic E-state index is 9.35. The summed E-state index contributed by atoms with van der Waals surface area (Å²) in [6.07, 6.45) is 1.63. The van der Waals surface area contributed by atoms with Gasteiger partial charge in [0, 0.05) is 5.02 Å². The number of nitriles is 1. The first-order valence-electron chi connectivity index (χ1n) is 7.04. The van der Waals surface area contributed by atoms with Crippen LogP contribution in [0.15, 0.2) is 48.5 Å². The summed E-state index contributed by atoms with van der Waals surface area (Å²) >= 11 is 5.90. The predicted octanol–water partition coefficient (Wildman–Crippen LogP) is 5.11. The van der Waals surface area contributed by atoms with E-state index in [1.165, 1.54) is 5.56 Å². The van der Waals surface area contributed by atoms with Gasteiger partial charge in [-0.2, -0.15) is 5.26 Å². The molecule has 3 heteroatoms. The minimum atomic E-state index is -0.0749. The monoisotopic (exact) mass is 299 g/mol. The maximum absolute atomic E-state index is 9.35. The van der Waals surface area contributed by atoms with Crippen molar-refractivity contribution >= 4 is 11.6 Å². The molecule has 1 unspecified atom stereocenters. The minimum absolute atomic E-state index is 0.0749. The van der Waals surface area contributed by atoms with Crippen molar-refractivity contribution in [1.29, 1.82) is 5.26 Å². The molecule has 0 aliphatic heterocycles. The van der Waals surface area contributed by atoms with E-state index in [-0.39, 0.29) is 5.92 Å². The van der Waals surface area contributed by atoms with Crippen LogP contribution in [0, 0.1) is 18.3 Å². The standard InChI is InChI=1S/C18H18ClNO/c1-14-6-2-3-10-18(14)15(13-20)7-5-11-21-17-9-4-8-16(19)12-17/h2-4,6,8-10,12,15H,5,7,11H2,1H3. The van der Waals surface area contributed by atoms with Crippen LogP contribution in [0.5, 0.6) is 5.75 Å². The van der Waals surface area contributed by atoms with E-state index in [2.05, 4.69) is 6.07 Å². The van der Waals surface area contributed by atoms with Crippen LogP contribution in [-0.4, -0.2) is 6.61 Å². The summed E-state index contributed by atoms with van der Waals surface area (Å²) in [5.74, 6) is 0.695. The van der Waals surface area contributed by atoms with Crippen LogP contribution >= 0.6 is 11.6 Å². The third-order valence-corrected chi connectivity index (χ3v) is 3.66. The first-order chi connectivity index (χ1) is 10.2. The molecule has 0 fully saturated rings. The van der Waals surface area contributed by atoms with Gasteiger partial charge in [0.1, 0.15) is 5.75 Å². The number of hydrogen-bond donors (Lipinski definition) is 0. The van der Waals surface area contributed by atoms with Gasteiger partial charge in [-0.05, 0) is 49.1 Å². The third-order valence-electron chi connectivity index (χ3n) is 3.42. The van der Waals surface area contributed by atoms with E-state index in [9.17, 15) is 5.26 Å². The number of nitrogens with zero attached hydrogens (tertiary/aromatic N) is 1. The van der Waals surface area contributed by atoms with Crippen molar-refractivity contribution < 1.29 is 4.74 Å². The summed E-state index contributed by atoms with van der Waals surface area (Å²) < 4.78 is 5.65. The highest BCUT2D eigenvalue weighted by atomic mass is 35.5. The van der Waals surface area contributed by atoms with Crippen LogP contribution < -0.4 is 4.74 Å². The zero-order chi connectivity index (χ0) is 15.1. The van der Waals surface area contributed by atoms with Crippen molar-refractivity contribution in [3.8, 4) is 11.8 Å². The molecule has 0 bridgehead atoms. The summed E-state index contributed by atoms with van der Waals surface area (Å²) in [5.41, 5.74) is 2.28. The van der Waals surface area contributed by atoms with Gasteiger partial charge in [-0.3, -0.25) is 0 Å². The molecule has 1 atom stereocenters. The van der Waals surface area contributed by atoms with E-state index in [0.717, 1.165) is 24.2 Å². The van der Waals surface area contributed by atoms with Crippen molar-refractivity contribution in [1.82, 2.24) is 0 Å². The minimum Gasteiger partial charge on any atom is -0.494 e. The topological polar surface area (TPSA) is 33.0 Å². The van der Waals surface area contributed by atoms with Crippen LogP contribution in [0.2, 0.25) is 5.02 Å². The SMILES string of the molecule is Cc1ccccc1C(C#N)CCCOc1cccc(Cl)c1. The molecular weight excluding hydrogens is 282 g/mol. The Morgan fingerprint density at radius 1 is 1.19 bits per heavy atom. The Hall–Kier alpha value is -1.98. The van der Waals surface area contributed by atoms with Gasteiger partial charge < -0.3 is 4.74 Å². The lowest BCUT2D eigenvalue weighted by Crippen LogP contribution is -2.03. The average Bonchev–Trinajstić information content (AvgIpc) is 2.49. The van der Waals surface area contributed by atoms with Gasteiger partial charge in [-0.25, -0.2) is 0 Å². The second kappa shape index (κ2) is 7.71. The van der Waals surface area contributed by atoms with Gasteiger partial charge in [0.15, 0.2) is 0 Å². The highest BCUT2D eigenvalue weighted by Gasteiger charge is 2.12. The molecular formula is C18H18ClNO. The van der Waals surface area contributed by atoms with Gasteiger partial charge in [0.05, 0.1) is 18.6 Å². The summed E-state index contributed by atoms with van der Waals surface area (Å²) in [6.45, 7) is 2.63. The predicted molar refractivity (Wildman–Crippen MR) is 85.7 cm³/mol. The molecule has 2 nitrogen and oxygen atoms in total. The van der Waals surface area contributed by atoms with Crippen LogP contribution in [0.25, 0.3) is 0 Å². The molecule has 0 heterocycles. The molecule has 2 aromatic rings. The molecule has 0 amide bonds. The smallest absolute Gasteiger partial charge is 0.120 e. The van der Waals surface area contributed by atoms with Crippen LogP contribution in [-0.2, 0) is 0 Å². The van der Waals surface area contributed by atoms with Crippen molar-refractivity contribution in [3.05, 3.63) is 64.7 Å². The van der Waals surface area contributed by atoms with Gasteiger partial charge in [-0.1, -0.05) is 41.9 Å². The number of ether oxygens (including phenoxy) is 1. The first-order valence-corrected chi connectivity index (χ1v) is 7.42. The maximum Gasteiger partial charge on any atom is 0.120 e. The van der Waals surface area contributed by atoms with Crippen molar-refractivity contribution in [3.63, 3.8) is 0 Å². The number of rotatable bonds is 6. The summed E-state index contributed by atoms with van der Waals surface area (Å²) in [7, 11) is 0. The fraction of sp³-hybridized carbons (Fsp3) is 0.278. The summed E-state index contributed by atoms with van der Waals surface area (Å²) in [5, 5.41) is 10.0. The lowest BCUT2D eigenvalue weighted by Gasteiger charge is -2.12. The Kier molecular flexibility index (Phi) is 5.66. The molecule has 2 rings (SSSR count). The van der Waals surface area contributed by atoms with E-state index in [1.807, 2.05) is 49.4 Å². The number of halogens is 1. The van der Waals surface area contributed by atoms with Crippen LogP contribution in [0.4, 0.5) is 0 Å². The summed E-state index contributed by atoms with van der Waals surface area (Å²) in [4.78, 5) is 0. The zero-order valence-corrected chi connectivity index (χ0v) is 12.8. The molecule has 108 valence electrons. The van der Waals surface area contributed by atoms with E-state index < -0.39 is 0 Å². The van der Waals surface area contributed by atoms with Crippen LogP contribution in [0.1, 0.15) is 29.9 Å². The first kappa shape index (κ1) is 15.4. The Morgan fingerprint density at radius 3 is 2.71 bits per heavy atom. The van der Waals surface area contributed by atoms with Crippen molar-refractivity contribution in [2.24, 2.45) is 0 Å². The van der Waals surface area contributed by atoms with E-state index >= 15 is 0 Å². The highest BCUT2D eigenvalue weighted by molar-refractivity contribution is 6.30. The Labute approximate surface area is 130 Å². The van der Waals surface area contributed by atoms with Gasteiger partial charge in [0.25, 0.3) is 0 Å². The summed E-state index contributed by atoms with van der Waals surface area (Å²) in [6, 6.07) is 17.8. The molecule has 0 radical (unpaired) electrons. The van der Waals surface area contributed by atoms with Crippen LogP contribution in [0.3, 0.4) is 0 Å². The molecule has 0 saturated carbocycles. The fourth-order valence-electron chi connectivity index (χ4n) is 2.30. The Morgan fingerprint density at radius 2 is 2.00 bits per heavy atom. The van der Waals surface area contributed by atoms with E-state index in [1.54, 1.807) is 6.07 Å². The van der Waals surface area contributed by atoms with Crippen molar-refractivity contribution in [2.75, 3.05) is 6.61 Å². The Balaban J connectivity index is 1.85. The number of aryl methyl sites for hydroxylation is 1. The molecule has 21 heavy (non-hydrogen) atoms. The van der Waals surface area contributed by atoms with Crippen molar-refractivity contribution in [2.45, 2.75) is 25.7 Å². The molecule has 0 saturated heterocycles. The van der Waals surface area contributed by atoms with Gasteiger partial charge in [-0.15, -0.1) is 0 Å². The number of benzene rings is 2. The molecule has 0 aromatic heterocycles. The third kappa shape index (κ3) is 4.51. The van der Waals surface area contributed by atoms with E-state index in [0.29, 0.717) is 11.6 Å². The Bertz CT molecular complexity index is 633. The molecule has 0 aliphatic carbocycles. The van der Waals surface area contributed by atoms with E-state index in [4.69, 9.17) is 16.3 Å². The second-order valence-electron chi connectivity index (χ2n) is 4.99. The molecule has 0 aliphatic rings. The number of hydrogen-bond acceptors (Lipinski definition) is 2. The van der Waals surface area contributed by atoms with Gasteiger partial charge in [0.2, 0.25) is 0 Å². The quantitative estimate of drug-likeness (QED) is 0.694.